The standard InChI is InChI=1S/C18H15ClFN3O2S/c1-26(24,25)23-15-4-2-3-12(7-15)13-8-16(11-21-10-13)22-14-5-6-18(20)17(19)9-14/h2-11,22-23H,1H3. The van der Waals surface area contributed by atoms with Gasteiger partial charge in [0, 0.05) is 23.1 Å². The molecule has 3 aromatic rings. The number of halogens is 2. The molecule has 1 heterocycles. The molecule has 0 fully saturated rings. The Hall–Kier alpha value is -2.64. The summed E-state index contributed by atoms with van der Waals surface area (Å²) in [5, 5.41) is 3.14. The summed E-state index contributed by atoms with van der Waals surface area (Å²) in [5.41, 5.74) is 3.37. The predicted octanol–water partition coefficient (Wildman–Crippen LogP) is 4.66. The molecule has 8 heteroatoms. The van der Waals surface area contributed by atoms with Gasteiger partial charge in [0.05, 0.1) is 23.2 Å². The van der Waals surface area contributed by atoms with Crippen molar-refractivity contribution in [2.45, 2.75) is 0 Å². The minimum absolute atomic E-state index is 0.0265. The lowest BCUT2D eigenvalue weighted by atomic mass is 10.1. The van der Waals surface area contributed by atoms with E-state index in [4.69, 9.17) is 11.6 Å². The van der Waals surface area contributed by atoms with Crippen molar-refractivity contribution >= 4 is 38.7 Å². The monoisotopic (exact) mass is 391 g/mol. The zero-order valence-electron chi connectivity index (χ0n) is 13.7. The van der Waals surface area contributed by atoms with Crippen molar-refractivity contribution in [1.29, 1.82) is 0 Å². The molecule has 0 saturated carbocycles. The highest BCUT2D eigenvalue weighted by molar-refractivity contribution is 7.92. The summed E-state index contributed by atoms with van der Waals surface area (Å²) in [6.45, 7) is 0. The molecule has 2 aromatic carbocycles. The third-order valence-electron chi connectivity index (χ3n) is 3.45. The second kappa shape index (κ2) is 7.31. The number of pyridine rings is 1. The van der Waals surface area contributed by atoms with Crippen LogP contribution in [-0.2, 0) is 10.0 Å². The molecular weight excluding hydrogens is 377 g/mol. The maximum absolute atomic E-state index is 13.3. The molecule has 3 rings (SSSR count). The van der Waals surface area contributed by atoms with Crippen LogP contribution in [-0.4, -0.2) is 19.7 Å². The van der Waals surface area contributed by atoms with Crippen molar-refractivity contribution in [3.05, 3.63) is 71.8 Å². The first-order valence-electron chi connectivity index (χ1n) is 7.55. The zero-order valence-corrected chi connectivity index (χ0v) is 15.3. The number of anilines is 3. The predicted molar refractivity (Wildman–Crippen MR) is 103 cm³/mol. The Kier molecular flexibility index (Phi) is 5.11. The summed E-state index contributed by atoms with van der Waals surface area (Å²) in [5.74, 6) is -0.487. The van der Waals surface area contributed by atoms with E-state index in [0.29, 0.717) is 17.1 Å². The SMILES string of the molecule is CS(=O)(=O)Nc1cccc(-c2cncc(Nc3ccc(F)c(Cl)c3)c2)c1. The van der Waals surface area contributed by atoms with Gasteiger partial charge in [0.25, 0.3) is 0 Å². The summed E-state index contributed by atoms with van der Waals surface area (Å²) in [4.78, 5) is 4.19. The van der Waals surface area contributed by atoms with E-state index in [-0.39, 0.29) is 5.02 Å². The number of hydrogen-bond donors (Lipinski definition) is 2. The average Bonchev–Trinajstić information content (AvgIpc) is 2.57. The lowest BCUT2D eigenvalue weighted by molar-refractivity contribution is 0.607. The molecule has 0 unspecified atom stereocenters. The third-order valence-corrected chi connectivity index (χ3v) is 4.34. The highest BCUT2D eigenvalue weighted by Gasteiger charge is 2.06. The van der Waals surface area contributed by atoms with Gasteiger partial charge in [-0.15, -0.1) is 0 Å². The number of aromatic nitrogens is 1. The van der Waals surface area contributed by atoms with E-state index in [9.17, 15) is 12.8 Å². The molecule has 0 aliphatic carbocycles. The maximum Gasteiger partial charge on any atom is 0.229 e. The van der Waals surface area contributed by atoms with Crippen LogP contribution in [0.15, 0.2) is 60.9 Å². The molecule has 134 valence electrons. The molecule has 26 heavy (non-hydrogen) atoms. The van der Waals surface area contributed by atoms with Crippen molar-refractivity contribution in [3.8, 4) is 11.1 Å². The average molecular weight is 392 g/mol. The molecule has 5 nitrogen and oxygen atoms in total. The minimum atomic E-state index is -3.35. The van der Waals surface area contributed by atoms with Gasteiger partial charge in [0.2, 0.25) is 10.0 Å². The first kappa shape index (κ1) is 18.2. The van der Waals surface area contributed by atoms with E-state index in [1.165, 1.54) is 12.1 Å². The van der Waals surface area contributed by atoms with E-state index in [0.717, 1.165) is 17.4 Å². The van der Waals surface area contributed by atoms with E-state index >= 15 is 0 Å². The fourth-order valence-electron chi connectivity index (χ4n) is 2.38. The number of benzene rings is 2. The number of rotatable bonds is 5. The van der Waals surface area contributed by atoms with Crippen molar-refractivity contribution < 1.29 is 12.8 Å². The van der Waals surface area contributed by atoms with Crippen LogP contribution in [0.1, 0.15) is 0 Å². The summed E-state index contributed by atoms with van der Waals surface area (Å²) in [6.07, 6.45) is 4.39. The van der Waals surface area contributed by atoms with Crippen LogP contribution >= 0.6 is 11.6 Å². The van der Waals surface area contributed by atoms with Crippen LogP contribution < -0.4 is 10.0 Å². The Morgan fingerprint density at radius 2 is 1.73 bits per heavy atom. The van der Waals surface area contributed by atoms with E-state index in [1.54, 1.807) is 36.7 Å². The minimum Gasteiger partial charge on any atom is -0.354 e. The van der Waals surface area contributed by atoms with Crippen molar-refractivity contribution in [2.75, 3.05) is 16.3 Å². The normalized spacial score (nSPS) is 11.2. The second-order valence-electron chi connectivity index (χ2n) is 5.67. The highest BCUT2D eigenvalue weighted by Crippen LogP contribution is 2.27. The molecule has 0 atom stereocenters. The summed E-state index contributed by atoms with van der Waals surface area (Å²) in [6, 6.07) is 13.2. The first-order chi connectivity index (χ1) is 12.3. The molecule has 0 amide bonds. The van der Waals surface area contributed by atoms with E-state index < -0.39 is 15.8 Å². The van der Waals surface area contributed by atoms with Gasteiger partial charge >= 0.3 is 0 Å². The molecule has 0 aliphatic heterocycles. The fraction of sp³-hybridized carbons (Fsp3) is 0.0556. The number of sulfonamides is 1. The molecule has 0 bridgehead atoms. The van der Waals surface area contributed by atoms with Gasteiger partial charge in [0.15, 0.2) is 0 Å². The van der Waals surface area contributed by atoms with E-state index in [2.05, 4.69) is 15.0 Å². The Bertz CT molecular complexity index is 1060. The van der Waals surface area contributed by atoms with Crippen molar-refractivity contribution in [3.63, 3.8) is 0 Å². The zero-order chi connectivity index (χ0) is 18.7. The van der Waals surface area contributed by atoms with Crippen LogP contribution in [0.25, 0.3) is 11.1 Å². The van der Waals surface area contributed by atoms with E-state index in [1.807, 2.05) is 12.1 Å². The largest absolute Gasteiger partial charge is 0.354 e. The molecular formula is C18H15ClFN3O2S. The molecule has 2 N–H and O–H groups in total. The smallest absolute Gasteiger partial charge is 0.229 e. The number of nitrogens with zero attached hydrogens (tertiary/aromatic N) is 1. The third kappa shape index (κ3) is 4.71. The highest BCUT2D eigenvalue weighted by atomic mass is 35.5. The Balaban J connectivity index is 1.87. The summed E-state index contributed by atoms with van der Waals surface area (Å²) < 4.78 is 38.5. The maximum atomic E-state index is 13.3. The van der Waals surface area contributed by atoms with Gasteiger partial charge in [-0.25, -0.2) is 12.8 Å². The fourth-order valence-corrected chi connectivity index (χ4v) is 3.12. The number of hydrogen-bond acceptors (Lipinski definition) is 4. The van der Waals surface area contributed by atoms with Gasteiger partial charge in [-0.2, -0.15) is 0 Å². The van der Waals surface area contributed by atoms with Gasteiger partial charge in [-0.05, 0) is 42.0 Å². The quantitative estimate of drug-likeness (QED) is 0.663. The molecule has 0 saturated heterocycles. The van der Waals surface area contributed by atoms with Crippen molar-refractivity contribution in [1.82, 2.24) is 4.98 Å². The summed E-state index contributed by atoms with van der Waals surface area (Å²) in [7, 11) is -3.35. The first-order valence-corrected chi connectivity index (χ1v) is 9.82. The Morgan fingerprint density at radius 3 is 2.46 bits per heavy atom. The topological polar surface area (TPSA) is 71.1 Å². The van der Waals surface area contributed by atoms with Crippen LogP contribution in [0.2, 0.25) is 5.02 Å². The van der Waals surface area contributed by atoms with Crippen molar-refractivity contribution in [2.24, 2.45) is 0 Å². The van der Waals surface area contributed by atoms with Crippen LogP contribution in [0, 0.1) is 5.82 Å². The van der Waals surface area contributed by atoms with Gasteiger partial charge in [0.1, 0.15) is 5.82 Å². The second-order valence-corrected chi connectivity index (χ2v) is 7.83. The number of nitrogens with one attached hydrogen (secondary N) is 2. The van der Waals surface area contributed by atoms with Gasteiger partial charge in [-0.3, -0.25) is 9.71 Å². The lowest BCUT2D eigenvalue weighted by Crippen LogP contribution is -2.09. The lowest BCUT2D eigenvalue weighted by Gasteiger charge is -2.10. The Morgan fingerprint density at radius 1 is 0.962 bits per heavy atom. The summed E-state index contributed by atoms with van der Waals surface area (Å²) >= 11 is 5.79. The van der Waals surface area contributed by atoms with Gasteiger partial charge in [-0.1, -0.05) is 23.7 Å². The molecule has 0 aliphatic rings. The van der Waals surface area contributed by atoms with Gasteiger partial charge < -0.3 is 5.32 Å². The Labute approximate surface area is 155 Å². The van der Waals surface area contributed by atoms with Crippen LogP contribution in [0.4, 0.5) is 21.5 Å². The van der Waals surface area contributed by atoms with Crippen LogP contribution in [0.5, 0.6) is 0 Å². The molecule has 1 aromatic heterocycles. The molecule has 0 spiro atoms. The molecule has 0 radical (unpaired) electrons. The van der Waals surface area contributed by atoms with Crippen LogP contribution in [0.3, 0.4) is 0 Å².